The van der Waals surface area contributed by atoms with Gasteiger partial charge in [-0.2, -0.15) is 0 Å². The third-order valence-corrected chi connectivity index (χ3v) is 3.54. The number of nitrogens with zero attached hydrogens (tertiary/aromatic N) is 1. The highest BCUT2D eigenvalue weighted by atomic mass is 79.9. The molecule has 0 aromatic heterocycles. The van der Waals surface area contributed by atoms with Crippen LogP contribution in [0.25, 0.3) is 0 Å². The molecule has 1 rings (SSSR count). The molecule has 0 bridgehead atoms. The average Bonchev–Trinajstić information content (AvgIpc) is 2.39. The van der Waals surface area contributed by atoms with E-state index < -0.39 is 0 Å². The number of likely N-dealkylation sites (N-methyl/N-ethyl adjacent to an activating group) is 1. The smallest absolute Gasteiger partial charge is 0.165 e. The lowest BCUT2D eigenvalue weighted by Crippen LogP contribution is -3.11. The normalized spacial score (nSPS) is 11.3. The lowest BCUT2D eigenvalue weighted by molar-refractivity contribution is -0.896. The van der Waals surface area contributed by atoms with Gasteiger partial charge in [-0.05, 0) is 38.5 Å². The van der Waals surface area contributed by atoms with E-state index >= 15 is 0 Å². The zero-order valence-corrected chi connectivity index (χ0v) is 14.1. The van der Waals surface area contributed by atoms with E-state index in [1.54, 1.807) is 0 Å². The Morgan fingerprint density at radius 1 is 1.21 bits per heavy atom. The van der Waals surface area contributed by atoms with Crippen molar-refractivity contribution >= 4 is 21.6 Å². The molecule has 1 aromatic rings. The van der Waals surface area contributed by atoms with E-state index in [0.29, 0.717) is 6.61 Å². The number of oxime groups is 1. The third kappa shape index (κ3) is 6.95. The number of nitrogens with one attached hydrogen (secondary N) is 1. The van der Waals surface area contributed by atoms with Gasteiger partial charge in [-0.1, -0.05) is 33.2 Å². The second-order valence-corrected chi connectivity index (χ2v) is 5.14. The van der Waals surface area contributed by atoms with E-state index in [2.05, 4.69) is 34.9 Å². The van der Waals surface area contributed by atoms with Crippen molar-refractivity contribution in [2.45, 2.75) is 20.8 Å². The Kier molecular flexibility index (Phi) is 9.92. The second-order valence-electron chi connectivity index (χ2n) is 4.22. The third-order valence-electron chi connectivity index (χ3n) is 3.01. The van der Waals surface area contributed by atoms with Gasteiger partial charge in [-0.3, -0.25) is 0 Å². The largest absolute Gasteiger partial charge is 1.00 e. The molecule has 19 heavy (non-hydrogen) atoms. The molecule has 0 fully saturated rings. The van der Waals surface area contributed by atoms with Crippen LogP contribution in [0.5, 0.6) is 0 Å². The summed E-state index contributed by atoms with van der Waals surface area (Å²) in [5.74, 6) is 0. The molecule has 0 aliphatic rings. The Morgan fingerprint density at radius 2 is 1.79 bits per heavy atom. The van der Waals surface area contributed by atoms with E-state index in [9.17, 15) is 0 Å². The molecule has 0 atom stereocenters. The van der Waals surface area contributed by atoms with Crippen LogP contribution in [0.2, 0.25) is 0 Å². The Morgan fingerprint density at radius 3 is 2.32 bits per heavy atom. The van der Waals surface area contributed by atoms with Crippen LogP contribution in [0.4, 0.5) is 0 Å². The van der Waals surface area contributed by atoms with Gasteiger partial charge in [-0.15, -0.1) is 0 Å². The summed E-state index contributed by atoms with van der Waals surface area (Å²) < 4.78 is 1.07. The summed E-state index contributed by atoms with van der Waals surface area (Å²) >= 11 is 3.42. The maximum atomic E-state index is 5.37. The molecule has 0 heterocycles. The predicted octanol–water partition coefficient (Wildman–Crippen LogP) is -0.882. The van der Waals surface area contributed by atoms with Crippen LogP contribution in [0.3, 0.4) is 0 Å². The summed E-state index contributed by atoms with van der Waals surface area (Å²) in [5, 5.41) is 4.15. The molecule has 3 nitrogen and oxygen atoms in total. The Balaban J connectivity index is 0.00000324. The number of hydrogen-bond donors (Lipinski definition) is 1. The first kappa shape index (κ1) is 18.4. The average molecular weight is 350 g/mol. The molecule has 0 saturated carbocycles. The predicted molar refractivity (Wildman–Crippen MR) is 79.2 cm³/mol. The Bertz CT molecular complexity index is 378. The summed E-state index contributed by atoms with van der Waals surface area (Å²) in [4.78, 5) is 6.90. The lowest BCUT2D eigenvalue weighted by Gasteiger charge is -2.14. The zero-order valence-electron chi connectivity index (χ0n) is 11.7. The minimum atomic E-state index is 0. The zero-order chi connectivity index (χ0) is 13.4. The van der Waals surface area contributed by atoms with E-state index in [1.165, 1.54) is 4.90 Å². The number of halogens is 2. The van der Waals surface area contributed by atoms with Crippen LogP contribution in [0, 0.1) is 0 Å². The summed E-state index contributed by atoms with van der Waals surface area (Å²) in [6, 6.07) is 8.08. The Hall–Kier alpha value is -0.580. The van der Waals surface area contributed by atoms with Crippen LogP contribution >= 0.6 is 15.9 Å². The Labute approximate surface area is 130 Å². The molecule has 0 amide bonds. The highest BCUT2D eigenvalue weighted by Crippen LogP contribution is 2.11. The van der Waals surface area contributed by atoms with E-state index in [-0.39, 0.29) is 12.4 Å². The first-order valence-electron chi connectivity index (χ1n) is 6.43. The van der Waals surface area contributed by atoms with Gasteiger partial charge < -0.3 is 22.1 Å². The fourth-order valence-corrected chi connectivity index (χ4v) is 1.94. The van der Waals surface area contributed by atoms with Gasteiger partial charge in [0.05, 0.1) is 18.8 Å². The fourth-order valence-electron chi connectivity index (χ4n) is 1.68. The first-order valence-corrected chi connectivity index (χ1v) is 7.22. The number of benzene rings is 1. The number of rotatable bonds is 7. The van der Waals surface area contributed by atoms with Gasteiger partial charge in [-0.25, -0.2) is 0 Å². The van der Waals surface area contributed by atoms with Crippen LogP contribution in [-0.4, -0.2) is 32.0 Å². The second kappa shape index (κ2) is 10.2. The van der Waals surface area contributed by atoms with Crippen molar-refractivity contribution in [3.8, 4) is 0 Å². The van der Waals surface area contributed by atoms with Gasteiger partial charge in [0.15, 0.2) is 6.61 Å². The molecule has 0 unspecified atom stereocenters. The molecule has 108 valence electrons. The van der Waals surface area contributed by atoms with Crippen LogP contribution in [0.1, 0.15) is 26.3 Å². The minimum Gasteiger partial charge on any atom is -1.00 e. The van der Waals surface area contributed by atoms with Gasteiger partial charge in [0.1, 0.15) is 6.54 Å². The monoisotopic (exact) mass is 348 g/mol. The topological polar surface area (TPSA) is 26.0 Å². The summed E-state index contributed by atoms with van der Waals surface area (Å²) in [5.41, 5.74) is 2.01. The van der Waals surface area contributed by atoms with Crippen LogP contribution in [-0.2, 0) is 4.84 Å². The van der Waals surface area contributed by atoms with Crippen LogP contribution < -0.4 is 17.3 Å². The van der Waals surface area contributed by atoms with Gasteiger partial charge in [0.25, 0.3) is 0 Å². The molecule has 0 saturated heterocycles. The highest BCUT2D eigenvalue weighted by molar-refractivity contribution is 9.10. The highest BCUT2D eigenvalue weighted by Gasteiger charge is 2.02. The van der Waals surface area contributed by atoms with Crippen molar-refractivity contribution in [3.63, 3.8) is 0 Å². The quantitative estimate of drug-likeness (QED) is 0.386. The SMILES string of the molecule is CC[NH+](CC)CCO/N=C(/C)c1ccc(Br)cc1.[Cl-]. The minimum absolute atomic E-state index is 0. The molecular weight excluding hydrogens is 328 g/mol. The summed E-state index contributed by atoms with van der Waals surface area (Å²) in [6.45, 7) is 10.3. The standard InChI is InChI=1S/C14H21BrN2O.ClH/c1-4-17(5-2)10-11-18-16-12(3)13-6-8-14(15)9-7-13;/h6-9H,4-5,10-11H2,1-3H3;1H/b16-12-;. The van der Waals surface area contributed by atoms with E-state index in [0.717, 1.165) is 35.4 Å². The van der Waals surface area contributed by atoms with E-state index in [4.69, 9.17) is 4.84 Å². The van der Waals surface area contributed by atoms with Crippen molar-refractivity contribution in [2.24, 2.45) is 5.16 Å². The molecule has 1 N–H and O–H groups in total. The summed E-state index contributed by atoms with van der Waals surface area (Å²) in [7, 11) is 0. The van der Waals surface area contributed by atoms with Gasteiger partial charge in [0, 0.05) is 4.47 Å². The van der Waals surface area contributed by atoms with Crippen molar-refractivity contribution < 1.29 is 22.1 Å². The van der Waals surface area contributed by atoms with E-state index in [1.807, 2.05) is 31.2 Å². The van der Waals surface area contributed by atoms with Crippen molar-refractivity contribution in [2.75, 3.05) is 26.2 Å². The molecule has 0 aliphatic heterocycles. The number of quaternary nitrogens is 1. The van der Waals surface area contributed by atoms with Crippen molar-refractivity contribution in [1.29, 1.82) is 0 Å². The lowest BCUT2D eigenvalue weighted by atomic mass is 10.1. The van der Waals surface area contributed by atoms with Crippen LogP contribution in [0.15, 0.2) is 33.9 Å². The molecule has 0 radical (unpaired) electrons. The molecular formula is C14H22BrClN2O. The fraction of sp³-hybridized carbons (Fsp3) is 0.500. The molecule has 0 aliphatic carbocycles. The number of hydrogen-bond acceptors (Lipinski definition) is 2. The maximum absolute atomic E-state index is 5.37. The molecule has 0 spiro atoms. The van der Waals surface area contributed by atoms with Gasteiger partial charge in [0.2, 0.25) is 0 Å². The van der Waals surface area contributed by atoms with Gasteiger partial charge >= 0.3 is 0 Å². The van der Waals surface area contributed by atoms with Crippen molar-refractivity contribution in [3.05, 3.63) is 34.3 Å². The molecule has 5 heteroatoms. The van der Waals surface area contributed by atoms with Crippen molar-refractivity contribution in [1.82, 2.24) is 0 Å². The maximum Gasteiger partial charge on any atom is 0.165 e. The molecule has 1 aromatic carbocycles. The summed E-state index contributed by atoms with van der Waals surface area (Å²) in [6.07, 6.45) is 0. The first-order chi connectivity index (χ1) is 8.67.